The van der Waals surface area contributed by atoms with Crippen molar-refractivity contribution in [2.45, 2.75) is 45.8 Å². The molecule has 0 N–H and O–H groups in total. The molecule has 3 aliphatic rings. The SMILES string of the molecule is CC.CC1CC2CC1CC21OCCO1. The number of ether oxygens (including phenoxy) is 2. The number of hydrogen-bond acceptors (Lipinski definition) is 2. The summed E-state index contributed by atoms with van der Waals surface area (Å²) in [6.45, 7) is 8.00. The predicted molar refractivity (Wildman–Crippen MR) is 56.0 cm³/mol. The largest absolute Gasteiger partial charge is 0.347 e. The Labute approximate surface area is 87.0 Å². The molecule has 0 aromatic carbocycles. The van der Waals surface area contributed by atoms with Gasteiger partial charge in [0.1, 0.15) is 0 Å². The van der Waals surface area contributed by atoms with Gasteiger partial charge in [0.15, 0.2) is 5.79 Å². The fourth-order valence-electron chi connectivity index (χ4n) is 3.34. The molecule has 14 heavy (non-hydrogen) atoms. The van der Waals surface area contributed by atoms with Gasteiger partial charge < -0.3 is 9.47 Å². The first-order chi connectivity index (χ1) is 6.80. The molecule has 3 unspecified atom stereocenters. The standard InChI is InChI=1S/C10H16O2.C2H6/c1-7-4-9-5-8(7)6-10(9)11-2-3-12-10;1-2/h7-9H,2-6H2,1H3;1-2H3. The molecule has 1 saturated heterocycles. The van der Waals surface area contributed by atoms with Gasteiger partial charge >= 0.3 is 0 Å². The smallest absolute Gasteiger partial charge is 0.171 e. The van der Waals surface area contributed by atoms with E-state index < -0.39 is 0 Å². The van der Waals surface area contributed by atoms with Crippen molar-refractivity contribution in [1.29, 1.82) is 0 Å². The molecule has 0 aromatic rings. The summed E-state index contributed by atoms with van der Waals surface area (Å²) in [4.78, 5) is 0. The van der Waals surface area contributed by atoms with Gasteiger partial charge in [0, 0.05) is 12.3 Å². The molecule has 82 valence electrons. The summed E-state index contributed by atoms with van der Waals surface area (Å²) >= 11 is 0. The lowest BCUT2D eigenvalue weighted by atomic mass is 9.86. The molecule has 1 aliphatic heterocycles. The third kappa shape index (κ3) is 1.40. The Morgan fingerprint density at radius 1 is 1.07 bits per heavy atom. The van der Waals surface area contributed by atoms with Crippen LogP contribution in [0.5, 0.6) is 0 Å². The molecule has 2 bridgehead atoms. The maximum atomic E-state index is 5.76. The Bertz CT molecular complexity index is 194. The first-order valence-electron chi connectivity index (χ1n) is 6.08. The zero-order chi connectivity index (χ0) is 10.2. The van der Waals surface area contributed by atoms with Gasteiger partial charge in [-0.25, -0.2) is 0 Å². The van der Waals surface area contributed by atoms with Gasteiger partial charge in [-0.2, -0.15) is 0 Å². The fraction of sp³-hybridized carbons (Fsp3) is 1.00. The van der Waals surface area contributed by atoms with Gasteiger partial charge in [0.25, 0.3) is 0 Å². The van der Waals surface area contributed by atoms with Crippen LogP contribution in [0.2, 0.25) is 0 Å². The highest BCUT2D eigenvalue weighted by Crippen LogP contribution is 2.56. The molecule has 1 spiro atoms. The average molecular weight is 198 g/mol. The maximum absolute atomic E-state index is 5.76. The lowest BCUT2D eigenvalue weighted by Crippen LogP contribution is -2.37. The Morgan fingerprint density at radius 2 is 1.71 bits per heavy atom. The van der Waals surface area contributed by atoms with Gasteiger partial charge in [0.2, 0.25) is 0 Å². The molecule has 2 heteroatoms. The van der Waals surface area contributed by atoms with Crippen molar-refractivity contribution in [1.82, 2.24) is 0 Å². The van der Waals surface area contributed by atoms with Crippen molar-refractivity contribution >= 4 is 0 Å². The van der Waals surface area contributed by atoms with Crippen LogP contribution in [0.25, 0.3) is 0 Å². The van der Waals surface area contributed by atoms with Crippen LogP contribution >= 0.6 is 0 Å². The summed E-state index contributed by atoms with van der Waals surface area (Å²) < 4.78 is 11.5. The lowest BCUT2D eigenvalue weighted by Gasteiger charge is -2.33. The summed E-state index contributed by atoms with van der Waals surface area (Å²) in [5, 5.41) is 0. The Morgan fingerprint density at radius 3 is 2.14 bits per heavy atom. The highest BCUT2D eigenvalue weighted by Gasteiger charge is 2.57. The summed E-state index contributed by atoms with van der Waals surface area (Å²) in [7, 11) is 0. The van der Waals surface area contributed by atoms with E-state index in [4.69, 9.17) is 9.47 Å². The second-order valence-electron chi connectivity index (χ2n) is 4.62. The minimum Gasteiger partial charge on any atom is -0.347 e. The molecule has 0 amide bonds. The van der Waals surface area contributed by atoms with Gasteiger partial charge in [0.05, 0.1) is 13.2 Å². The lowest BCUT2D eigenvalue weighted by molar-refractivity contribution is -0.194. The van der Waals surface area contributed by atoms with Crippen LogP contribution < -0.4 is 0 Å². The minimum absolute atomic E-state index is 0.114. The summed E-state index contributed by atoms with van der Waals surface area (Å²) in [5.41, 5.74) is 0. The van der Waals surface area contributed by atoms with Gasteiger partial charge in [-0.05, 0) is 24.7 Å². The molecule has 3 fully saturated rings. The van der Waals surface area contributed by atoms with Crippen molar-refractivity contribution in [3.63, 3.8) is 0 Å². The fourth-order valence-corrected chi connectivity index (χ4v) is 3.34. The van der Waals surface area contributed by atoms with Gasteiger partial charge in [-0.1, -0.05) is 20.8 Å². The van der Waals surface area contributed by atoms with Crippen molar-refractivity contribution in [3.8, 4) is 0 Å². The van der Waals surface area contributed by atoms with Crippen molar-refractivity contribution in [2.24, 2.45) is 17.8 Å². The first-order valence-corrected chi connectivity index (χ1v) is 6.08. The number of fused-ring (bicyclic) bond motifs is 3. The molecule has 2 saturated carbocycles. The van der Waals surface area contributed by atoms with Crippen LogP contribution in [0.4, 0.5) is 0 Å². The van der Waals surface area contributed by atoms with E-state index in [0.717, 1.165) is 25.0 Å². The Kier molecular flexibility index (Phi) is 2.85. The van der Waals surface area contributed by atoms with Crippen molar-refractivity contribution in [2.75, 3.05) is 13.2 Å². The van der Waals surface area contributed by atoms with Crippen LogP contribution in [-0.2, 0) is 9.47 Å². The normalized spacial score (nSPS) is 42.6. The van der Waals surface area contributed by atoms with Crippen LogP contribution in [0.15, 0.2) is 0 Å². The van der Waals surface area contributed by atoms with Crippen molar-refractivity contribution in [3.05, 3.63) is 0 Å². The molecule has 1 heterocycles. The maximum Gasteiger partial charge on any atom is 0.171 e. The third-order valence-corrected chi connectivity index (χ3v) is 3.99. The van der Waals surface area contributed by atoms with Crippen LogP contribution in [0.1, 0.15) is 40.0 Å². The Hall–Kier alpha value is -0.0800. The van der Waals surface area contributed by atoms with Gasteiger partial charge in [-0.15, -0.1) is 0 Å². The van der Waals surface area contributed by atoms with E-state index in [1.165, 1.54) is 19.3 Å². The predicted octanol–water partition coefficient (Wildman–Crippen LogP) is 2.82. The Balaban J connectivity index is 0.000000354. The van der Waals surface area contributed by atoms with Crippen molar-refractivity contribution < 1.29 is 9.47 Å². The zero-order valence-electron chi connectivity index (χ0n) is 9.58. The molecule has 3 atom stereocenters. The van der Waals surface area contributed by atoms with E-state index in [2.05, 4.69) is 6.92 Å². The van der Waals surface area contributed by atoms with Crippen LogP contribution in [0, 0.1) is 17.8 Å². The number of hydrogen-bond donors (Lipinski definition) is 0. The van der Waals surface area contributed by atoms with E-state index in [0.29, 0.717) is 5.92 Å². The van der Waals surface area contributed by atoms with E-state index in [1.807, 2.05) is 13.8 Å². The molecular weight excluding hydrogens is 176 g/mol. The molecule has 3 rings (SSSR count). The molecule has 2 aliphatic carbocycles. The number of rotatable bonds is 0. The van der Waals surface area contributed by atoms with E-state index >= 15 is 0 Å². The summed E-state index contributed by atoms with van der Waals surface area (Å²) in [6.07, 6.45) is 3.84. The second kappa shape index (κ2) is 3.82. The van der Waals surface area contributed by atoms with E-state index in [9.17, 15) is 0 Å². The molecule has 2 nitrogen and oxygen atoms in total. The van der Waals surface area contributed by atoms with Crippen LogP contribution in [-0.4, -0.2) is 19.0 Å². The molecular formula is C12H22O2. The topological polar surface area (TPSA) is 18.5 Å². The zero-order valence-corrected chi connectivity index (χ0v) is 9.58. The monoisotopic (exact) mass is 198 g/mol. The van der Waals surface area contributed by atoms with E-state index in [-0.39, 0.29) is 5.79 Å². The third-order valence-electron chi connectivity index (χ3n) is 3.99. The highest BCUT2D eigenvalue weighted by atomic mass is 16.7. The molecule has 0 radical (unpaired) electrons. The molecule has 0 aromatic heterocycles. The average Bonchev–Trinajstić information content (AvgIpc) is 2.87. The highest BCUT2D eigenvalue weighted by molar-refractivity contribution is 5.00. The summed E-state index contributed by atoms with van der Waals surface area (Å²) in [5.74, 6) is 2.39. The van der Waals surface area contributed by atoms with Crippen LogP contribution in [0.3, 0.4) is 0 Å². The van der Waals surface area contributed by atoms with Gasteiger partial charge in [-0.3, -0.25) is 0 Å². The summed E-state index contributed by atoms with van der Waals surface area (Å²) in [6, 6.07) is 0. The first kappa shape index (κ1) is 10.4. The minimum atomic E-state index is -0.114. The second-order valence-corrected chi connectivity index (χ2v) is 4.62. The van der Waals surface area contributed by atoms with E-state index in [1.54, 1.807) is 0 Å². The quantitative estimate of drug-likeness (QED) is 0.596.